The van der Waals surface area contributed by atoms with Gasteiger partial charge in [-0.25, -0.2) is 0 Å². The molecular weight excluding hydrogens is 330 g/mol. The summed E-state index contributed by atoms with van der Waals surface area (Å²) in [6.07, 6.45) is 1.62. The van der Waals surface area contributed by atoms with Crippen LogP contribution in [0, 0.1) is 18.3 Å². The first-order valence-corrected chi connectivity index (χ1v) is 8.07. The van der Waals surface area contributed by atoms with Gasteiger partial charge < -0.3 is 14.6 Å². The van der Waals surface area contributed by atoms with Gasteiger partial charge in [-0.15, -0.1) is 10.2 Å². The fourth-order valence-electron chi connectivity index (χ4n) is 2.43. The topological polar surface area (TPSA) is 92.8 Å². The highest BCUT2D eigenvalue weighted by atomic mass is 16.5. The van der Waals surface area contributed by atoms with E-state index in [0.29, 0.717) is 35.7 Å². The number of hydrogen-bond donors (Lipinski definition) is 1. The zero-order chi connectivity index (χ0) is 18.4. The molecule has 3 rings (SSSR count). The van der Waals surface area contributed by atoms with Gasteiger partial charge in [0.15, 0.2) is 0 Å². The van der Waals surface area contributed by atoms with Crippen molar-refractivity contribution in [2.75, 3.05) is 6.54 Å². The van der Waals surface area contributed by atoms with Crippen molar-refractivity contribution in [3.63, 3.8) is 0 Å². The summed E-state index contributed by atoms with van der Waals surface area (Å²) in [5, 5.41) is 19.8. The Morgan fingerprint density at radius 2 is 1.92 bits per heavy atom. The van der Waals surface area contributed by atoms with E-state index >= 15 is 0 Å². The third-order valence-electron chi connectivity index (χ3n) is 3.81. The minimum absolute atomic E-state index is 0.249. The Kier molecular flexibility index (Phi) is 5.25. The first-order chi connectivity index (χ1) is 12.7. The van der Waals surface area contributed by atoms with E-state index < -0.39 is 0 Å². The number of carbonyl (C=O) groups is 1. The third-order valence-corrected chi connectivity index (χ3v) is 3.81. The summed E-state index contributed by atoms with van der Waals surface area (Å²) in [5.41, 5.74) is 0.812. The summed E-state index contributed by atoms with van der Waals surface area (Å²) in [4.78, 5) is 12.5. The van der Waals surface area contributed by atoms with Gasteiger partial charge in [-0.05, 0) is 31.2 Å². The van der Waals surface area contributed by atoms with E-state index in [9.17, 15) is 10.1 Å². The molecule has 0 aliphatic carbocycles. The molecule has 0 atom stereocenters. The first-order valence-electron chi connectivity index (χ1n) is 8.07. The van der Waals surface area contributed by atoms with Crippen LogP contribution in [-0.4, -0.2) is 27.2 Å². The molecule has 0 unspecified atom stereocenters. The fraction of sp³-hybridized carbons (Fsp3) is 0.158. The van der Waals surface area contributed by atoms with Crippen molar-refractivity contribution >= 4 is 5.91 Å². The van der Waals surface area contributed by atoms with Gasteiger partial charge in [0, 0.05) is 13.1 Å². The van der Waals surface area contributed by atoms with E-state index in [4.69, 9.17) is 4.74 Å². The van der Waals surface area contributed by atoms with Crippen molar-refractivity contribution in [1.29, 1.82) is 5.26 Å². The van der Waals surface area contributed by atoms with E-state index in [-0.39, 0.29) is 5.91 Å². The monoisotopic (exact) mass is 347 g/mol. The SMILES string of the molecule is Cc1nncn1CCNC(=O)c1ccccc1Oc1ccccc1C#N. The summed E-state index contributed by atoms with van der Waals surface area (Å²) >= 11 is 0. The molecule has 0 saturated heterocycles. The van der Waals surface area contributed by atoms with Gasteiger partial charge in [-0.2, -0.15) is 5.26 Å². The molecular formula is C19H17N5O2. The second-order valence-corrected chi connectivity index (χ2v) is 5.53. The van der Waals surface area contributed by atoms with Crippen LogP contribution in [0.3, 0.4) is 0 Å². The second kappa shape index (κ2) is 7.94. The van der Waals surface area contributed by atoms with Gasteiger partial charge in [0.05, 0.1) is 11.1 Å². The summed E-state index contributed by atoms with van der Waals surface area (Å²) in [7, 11) is 0. The molecule has 3 aromatic rings. The summed E-state index contributed by atoms with van der Waals surface area (Å²) < 4.78 is 7.67. The number of para-hydroxylation sites is 2. The predicted molar refractivity (Wildman–Crippen MR) is 94.8 cm³/mol. The number of aromatic nitrogens is 3. The van der Waals surface area contributed by atoms with E-state index in [1.807, 2.05) is 11.5 Å². The molecule has 26 heavy (non-hydrogen) atoms. The van der Waals surface area contributed by atoms with Crippen molar-refractivity contribution in [2.24, 2.45) is 0 Å². The van der Waals surface area contributed by atoms with Crippen LogP contribution in [-0.2, 0) is 6.54 Å². The highest BCUT2D eigenvalue weighted by Gasteiger charge is 2.14. The minimum atomic E-state index is -0.249. The zero-order valence-corrected chi connectivity index (χ0v) is 14.2. The van der Waals surface area contributed by atoms with Crippen molar-refractivity contribution in [1.82, 2.24) is 20.1 Å². The lowest BCUT2D eigenvalue weighted by atomic mass is 10.1. The quantitative estimate of drug-likeness (QED) is 0.740. The smallest absolute Gasteiger partial charge is 0.255 e. The second-order valence-electron chi connectivity index (χ2n) is 5.53. The van der Waals surface area contributed by atoms with Crippen molar-refractivity contribution < 1.29 is 9.53 Å². The third kappa shape index (κ3) is 3.87. The molecule has 1 aromatic heterocycles. The van der Waals surface area contributed by atoms with E-state index in [0.717, 1.165) is 5.82 Å². The molecule has 0 bridgehead atoms. The lowest BCUT2D eigenvalue weighted by Gasteiger charge is -2.12. The number of nitrogens with zero attached hydrogens (tertiary/aromatic N) is 4. The molecule has 0 saturated carbocycles. The Morgan fingerprint density at radius 1 is 1.19 bits per heavy atom. The number of ether oxygens (including phenoxy) is 1. The highest BCUT2D eigenvalue weighted by molar-refractivity contribution is 5.97. The molecule has 7 nitrogen and oxygen atoms in total. The highest BCUT2D eigenvalue weighted by Crippen LogP contribution is 2.27. The van der Waals surface area contributed by atoms with Crippen LogP contribution in [0.4, 0.5) is 0 Å². The fourth-order valence-corrected chi connectivity index (χ4v) is 2.43. The van der Waals surface area contributed by atoms with Gasteiger partial charge in [-0.3, -0.25) is 4.79 Å². The number of nitrogens with one attached hydrogen (secondary N) is 1. The van der Waals surface area contributed by atoms with Gasteiger partial charge in [0.1, 0.15) is 29.7 Å². The number of hydrogen-bond acceptors (Lipinski definition) is 5. The normalized spacial score (nSPS) is 10.2. The Hall–Kier alpha value is -3.66. The molecule has 7 heteroatoms. The molecule has 0 radical (unpaired) electrons. The average molecular weight is 347 g/mol. The Morgan fingerprint density at radius 3 is 2.65 bits per heavy atom. The van der Waals surface area contributed by atoms with Gasteiger partial charge in [0.2, 0.25) is 0 Å². The summed E-state index contributed by atoms with van der Waals surface area (Å²) in [6.45, 7) is 2.86. The van der Waals surface area contributed by atoms with Crippen LogP contribution in [0.25, 0.3) is 0 Å². The Labute approximate surface area is 150 Å². The van der Waals surface area contributed by atoms with Crippen LogP contribution in [0.15, 0.2) is 54.9 Å². The maximum atomic E-state index is 12.5. The molecule has 0 aliphatic heterocycles. The van der Waals surface area contributed by atoms with Crippen LogP contribution in [0.5, 0.6) is 11.5 Å². The Bertz CT molecular complexity index is 958. The largest absolute Gasteiger partial charge is 0.455 e. The van der Waals surface area contributed by atoms with Crippen LogP contribution < -0.4 is 10.1 Å². The molecule has 1 N–H and O–H groups in total. The van der Waals surface area contributed by atoms with Crippen molar-refractivity contribution in [2.45, 2.75) is 13.5 Å². The number of rotatable bonds is 6. The number of aryl methyl sites for hydroxylation is 1. The Balaban J connectivity index is 1.71. The number of benzene rings is 2. The van der Waals surface area contributed by atoms with Crippen LogP contribution in [0.1, 0.15) is 21.7 Å². The minimum Gasteiger partial charge on any atom is -0.455 e. The first kappa shape index (κ1) is 17.2. The van der Waals surface area contributed by atoms with Crippen LogP contribution in [0.2, 0.25) is 0 Å². The van der Waals surface area contributed by atoms with Gasteiger partial charge in [-0.1, -0.05) is 24.3 Å². The average Bonchev–Trinajstić information content (AvgIpc) is 3.07. The van der Waals surface area contributed by atoms with Gasteiger partial charge >= 0.3 is 0 Å². The van der Waals surface area contributed by atoms with E-state index in [1.54, 1.807) is 54.9 Å². The molecule has 0 aliphatic rings. The number of amides is 1. The van der Waals surface area contributed by atoms with Crippen molar-refractivity contribution in [3.05, 3.63) is 71.8 Å². The predicted octanol–water partition coefficient (Wildman–Crippen LogP) is 2.68. The summed E-state index contributed by atoms with van der Waals surface area (Å²) in [6, 6.07) is 15.9. The number of nitriles is 1. The molecule has 130 valence electrons. The lowest BCUT2D eigenvalue weighted by molar-refractivity contribution is 0.0950. The summed E-state index contributed by atoms with van der Waals surface area (Å²) in [5.74, 6) is 1.35. The molecule has 1 amide bonds. The van der Waals surface area contributed by atoms with E-state index in [1.165, 1.54) is 0 Å². The zero-order valence-electron chi connectivity index (χ0n) is 14.2. The molecule has 1 heterocycles. The van der Waals surface area contributed by atoms with Gasteiger partial charge in [0.25, 0.3) is 5.91 Å². The standard InChI is InChI=1S/C19H17N5O2/c1-14-23-22-13-24(14)11-10-21-19(25)16-7-3-5-9-18(16)26-17-8-4-2-6-15(17)12-20/h2-9,13H,10-11H2,1H3,(H,21,25). The number of carbonyl (C=O) groups excluding carboxylic acids is 1. The molecule has 2 aromatic carbocycles. The molecule has 0 spiro atoms. The van der Waals surface area contributed by atoms with Crippen LogP contribution >= 0.6 is 0 Å². The van der Waals surface area contributed by atoms with E-state index in [2.05, 4.69) is 21.6 Å². The van der Waals surface area contributed by atoms with Crippen molar-refractivity contribution in [3.8, 4) is 17.6 Å². The maximum absolute atomic E-state index is 12.5. The maximum Gasteiger partial charge on any atom is 0.255 e. The lowest BCUT2D eigenvalue weighted by Crippen LogP contribution is -2.27. The molecule has 0 fully saturated rings.